The largest absolute Gasteiger partial charge is 0.466 e. The van der Waals surface area contributed by atoms with Crippen LogP contribution in [0.15, 0.2) is 12.2 Å². The Bertz CT molecular complexity index is 246. The molecule has 0 aromatic heterocycles. The summed E-state index contributed by atoms with van der Waals surface area (Å²) in [6.45, 7) is 0.620. The molecule has 1 rings (SSSR count). The Morgan fingerprint density at radius 2 is 1.21 bits per heavy atom. The van der Waals surface area contributed by atoms with E-state index in [1.54, 1.807) is 0 Å². The van der Waals surface area contributed by atoms with Crippen LogP contribution in [0.4, 0.5) is 0 Å². The third kappa shape index (κ3) is 10.8. The van der Waals surface area contributed by atoms with E-state index >= 15 is 0 Å². The molecule has 1 aliphatic rings. The average Bonchev–Trinajstić information content (AvgIpc) is 2.41. The zero-order valence-electron chi connectivity index (χ0n) is 12.4. The first-order valence-electron chi connectivity index (χ1n) is 8.20. The maximum absolute atomic E-state index is 11.4. The average molecular weight is 266 g/mol. The quantitative estimate of drug-likeness (QED) is 0.446. The molecule has 0 atom stereocenters. The maximum atomic E-state index is 11.4. The van der Waals surface area contributed by atoms with Gasteiger partial charge in [-0.05, 0) is 38.5 Å². The number of hydrogen-bond donors (Lipinski definition) is 0. The van der Waals surface area contributed by atoms with Crippen molar-refractivity contribution in [1.29, 1.82) is 0 Å². The summed E-state index contributed by atoms with van der Waals surface area (Å²) in [5, 5.41) is 0. The molecule has 1 heterocycles. The van der Waals surface area contributed by atoms with E-state index < -0.39 is 0 Å². The van der Waals surface area contributed by atoms with Crippen LogP contribution in [0.3, 0.4) is 0 Å². The molecule has 2 nitrogen and oxygen atoms in total. The van der Waals surface area contributed by atoms with Crippen LogP contribution in [0.2, 0.25) is 0 Å². The van der Waals surface area contributed by atoms with Crippen LogP contribution in [-0.2, 0) is 9.53 Å². The number of carbonyl (C=O) groups is 1. The predicted molar refractivity (Wildman–Crippen MR) is 80.1 cm³/mol. The van der Waals surface area contributed by atoms with Gasteiger partial charge in [0.2, 0.25) is 0 Å². The van der Waals surface area contributed by atoms with E-state index in [2.05, 4.69) is 12.2 Å². The van der Waals surface area contributed by atoms with E-state index in [-0.39, 0.29) is 5.97 Å². The van der Waals surface area contributed by atoms with Gasteiger partial charge in [0.25, 0.3) is 0 Å². The van der Waals surface area contributed by atoms with Gasteiger partial charge >= 0.3 is 5.97 Å². The van der Waals surface area contributed by atoms with E-state index in [1.165, 1.54) is 64.2 Å². The fourth-order valence-electron chi connectivity index (χ4n) is 2.45. The lowest BCUT2D eigenvalue weighted by Gasteiger charge is -2.05. The second kappa shape index (κ2) is 12.3. The van der Waals surface area contributed by atoms with Crippen molar-refractivity contribution < 1.29 is 9.53 Å². The highest BCUT2D eigenvalue weighted by molar-refractivity contribution is 5.69. The number of rotatable bonds is 0. The van der Waals surface area contributed by atoms with E-state index in [1.807, 2.05) is 0 Å². The zero-order valence-corrected chi connectivity index (χ0v) is 12.4. The minimum absolute atomic E-state index is 0.00375. The molecule has 0 aromatic rings. The second-order valence-corrected chi connectivity index (χ2v) is 5.55. The Morgan fingerprint density at radius 3 is 1.89 bits per heavy atom. The molecule has 19 heavy (non-hydrogen) atoms. The van der Waals surface area contributed by atoms with Gasteiger partial charge < -0.3 is 4.74 Å². The molecule has 0 amide bonds. The highest BCUT2D eigenvalue weighted by Gasteiger charge is 2.02. The van der Waals surface area contributed by atoms with Crippen molar-refractivity contribution in [1.82, 2.24) is 0 Å². The normalized spacial score (nSPS) is 23.9. The lowest BCUT2D eigenvalue weighted by molar-refractivity contribution is -0.143. The standard InChI is InChI=1S/C17H30O2/c18-17-15-13-11-9-7-5-3-1-2-4-6-8-10-12-14-16-19-17/h2,4H,1,3,5-16H2/b4-2+. The SMILES string of the molecule is O=C1CCCCCCCC/C=C/CCCCCCO1. The van der Waals surface area contributed by atoms with Crippen molar-refractivity contribution in [3.05, 3.63) is 12.2 Å². The maximum Gasteiger partial charge on any atom is 0.305 e. The summed E-state index contributed by atoms with van der Waals surface area (Å²) < 4.78 is 5.23. The number of esters is 1. The predicted octanol–water partition coefficient (Wildman–Crippen LogP) is 5.17. The fourth-order valence-corrected chi connectivity index (χ4v) is 2.45. The van der Waals surface area contributed by atoms with Gasteiger partial charge in [0.05, 0.1) is 6.61 Å². The summed E-state index contributed by atoms with van der Waals surface area (Å²) in [5.41, 5.74) is 0. The molecule has 0 saturated carbocycles. The molecule has 0 spiro atoms. The number of allylic oxidation sites excluding steroid dienone is 2. The molecular formula is C17H30O2. The van der Waals surface area contributed by atoms with Gasteiger partial charge in [0, 0.05) is 6.42 Å². The van der Waals surface area contributed by atoms with Crippen molar-refractivity contribution in [2.45, 2.75) is 83.5 Å². The Balaban J connectivity index is 2.16. The number of cyclic esters (lactones) is 1. The van der Waals surface area contributed by atoms with E-state index in [4.69, 9.17) is 4.74 Å². The molecule has 0 aromatic carbocycles. The summed E-state index contributed by atoms with van der Waals surface area (Å²) in [7, 11) is 0. The zero-order chi connectivity index (χ0) is 13.6. The molecule has 0 saturated heterocycles. The van der Waals surface area contributed by atoms with Crippen molar-refractivity contribution in [3.8, 4) is 0 Å². The first-order chi connectivity index (χ1) is 9.39. The molecule has 0 fully saturated rings. The summed E-state index contributed by atoms with van der Waals surface area (Å²) in [4.78, 5) is 11.4. The van der Waals surface area contributed by atoms with Gasteiger partial charge in [-0.3, -0.25) is 4.79 Å². The summed E-state index contributed by atoms with van der Waals surface area (Å²) in [6.07, 6.45) is 19.9. The Labute approximate surface area is 118 Å². The summed E-state index contributed by atoms with van der Waals surface area (Å²) >= 11 is 0. The molecule has 0 radical (unpaired) electrons. The van der Waals surface area contributed by atoms with Crippen LogP contribution < -0.4 is 0 Å². The fraction of sp³-hybridized carbons (Fsp3) is 0.824. The van der Waals surface area contributed by atoms with Crippen molar-refractivity contribution in [2.75, 3.05) is 6.61 Å². The van der Waals surface area contributed by atoms with E-state index in [9.17, 15) is 4.79 Å². The molecular weight excluding hydrogens is 236 g/mol. The van der Waals surface area contributed by atoms with Gasteiger partial charge in [-0.2, -0.15) is 0 Å². The molecule has 0 bridgehead atoms. The van der Waals surface area contributed by atoms with E-state index in [0.717, 1.165) is 12.8 Å². The number of hydrogen-bond acceptors (Lipinski definition) is 2. The topological polar surface area (TPSA) is 26.3 Å². The molecule has 1 aliphatic heterocycles. The second-order valence-electron chi connectivity index (χ2n) is 5.55. The molecule has 0 unspecified atom stereocenters. The van der Waals surface area contributed by atoms with Gasteiger partial charge in [-0.15, -0.1) is 0 Å². The van der Waals surface area contributed by atoms with Gasteiger partial charge in [0.15, 0.2) is 0 Å². The van der Waals surface area contributed by atoms with Crippen molar-refractivity contribution in [2.24, 2.45) is 0 Å². The van der Waals surface area contributed by atoms with Gasteiger partial charge in [-0.25, -0.2) is 0 Å². The van der Waals surface area contributed by atoms with Gasteiger partial charge in [0.1, 0.15) is 0 Å². The summed E-state index contributed by atoms with van der Waals surface area (Å²) in [6, 6.07) is 0. The Hall–Kier alpha value is -0.790. The van der Waals surface area contributed by atoms with Crippen LogP contribution in [-0.4, -0.2) is 12.6 Å². The minimum atomic E-state index is 0.00375. The van der Waals surface area contributed by atoms with Crippen molar-refractivity contribution in [3.63, 3.8) is 0 Å². The van der Waals surface area contributed by atoms with Crippen molar-refractivity contribution >= 4 is 5.97 Å². The first kappa shape index (κ1) is 16.3. The summed E-state index contributed by atoms with van der Waals surface area (Å²) in [5.74, 6) is 0.00375. The molecule has 0 aliphatic carbocycles. The Morgan fingerprint density at radius 1 is 0.684 bits per heavy atom. The van der Waals surface area contributed by atoms with Crippen LogP contribution in [0.1, 0.15) is 83.5 Å². The lowest BCUT2D eigenvalue weighted by atomic mass is 10.1. The van der Waals surface area contributed by atoms with Gasteiger partial charge in [-0.1, -0.05) is 50.7 Å². The van der Waals surface area contributed by atoms with Crippen LogP contribution in [0.5, 0.6) is 0 Å². The van der Waals surface area contributed by atoms with E-state index in [0.29, 0.717) is 13.0 Å². The highest BCUT2D eigenvalue weighted by atomic mass is 16.5. The van der Waals surface area contributed by atoms with Crippen LogP contribution in [0.25, 0.3) is 0 Å². The monoisotopic (exact) mass is 266 g/mol. The van der Waals surface area contributed by atoms with Crippen LogP contribution in [0, 0.1) is 0 Å². The molecule has 110 valence electrons. The number of ether oxygens (including phenoxy) is 1. The third-order valence-electron chi connectivity index (χ3n) is 3.70. The smallest absolute Gasteiger partial charge is 0.305 e. The first-order valence-corrected chi connectivity index (χ1v) is 8.20. The third-order valence-corrected chi connectivity index (χ3v) is 3.70. The van der Waals surface area contributed by atoms with Crippen LogP contribution >= 0.6 is 0 Å². The lowest BCUT2D eigenvalue weighted by Crippen LogP contribution is -2.05. The minimum Gasteiger partial charge on any atom is -0.466 e. The molecule has 2 heteroatoms. The Kier molecular flexibility index (Phi) is 10.5. The molecule has 0 N–H and O–H groups in total. The highest BCUT2D eigenvalue weighted by Crippen LogP contribution is 2.11. The number of carbonyl (C=O) groups excluding carboxylic acids is 1.